The molecule has 3 nitrogen and oxygen atoms in total. The Balaban J connectivity index is 1.75. The van der Waals surface area contributed by atoms with Gasteiger partial charge in [-0.1, -0.05) is 18.6 Å². The topological polar surface area (TPSA) is 50.9 Å². The number of nitrogens with two attached hydrogens (primary N) is 1. The van der Waals surface area contributed by atoms with E-state index in [1.165, 1.54) is 42.7 Å². The molecule has 2 heterocycles. The maximum absolute atomic E-state index is 5.86. The highest BCUT2D eigenvalue weighted by Gasteiger charge is 2.19. The van der Waals surface area contributed by atoms with Gasteiger partial charge in [-0.15, -0.1) is 0 Å². The van der Waals surface area contributed by atoms with Crippen LogP contribution in [0.4, 0.5) is 5.82 Å². The van der Waals surface area contributed by atoms with Crippen LogP contribution >= 0.6 is 24.0 Å². The van der Waals surface area contributed by atoms with Crippen molar-refractivity contribution in [1.82, 2.24) is 4.98 Å². The molecule has 108 valence electrons. The van der Waals surface area contributed by atoms with E-state index in [1.807, 2.05) is 0 Å². The van der Waals surface area contributed by atoms with Crippen LogP contribution in [0.2, 0.25) is 0 Å². The second kappa shape index (κ2) is 6.31. The van der Waals surface area contributed by atoms with Crippen molar-refractivity contribution in [3.05, 3.63) is 22.9 Å². The number of pyridine rings is 1. The third-order valence-corrected chi connectivity index (χ3v) is 5.71. The Hall–Kier alpha value is -0.810. The Morgan fingerprint density at radius 3 is 3.05 bits per heavy atom. The molecule has 3 rings (SSSR count). The van der Waals surface area contributed by atoms with E-state index >= 15 is 0 Å². The molecular formula is C15H21N3S2. The fourth-order valence-corrected chi connectivity index (χ4v) is 4.37. The fourth-order valence-electron chi connectivity index (χ4n) is 2.97. The summed E-state index contributed by atoms with van der Waals surface area (Å²) in [6.45, 7) is 0.964. The van der Waals surface area contributed by atoms with Gasteiger partial charge in [-0.3, -0.25) is 0 Å². The number of thiocarbonyl (C=S) groups is 1. The lowest BCUT2D eigenvalue weighted by molar-refractivity contribution is 0.677. The summed E-state index contributed by atoms with van der Waals surface area (Å²) in [7, 11) is 0. The zero-order valence-corrected chi connectivity index (χ0v) is 13.3. The van der Waals surface area contributed by atoms with Crippen LogP contribution in [0.1, 0.15) is 42.5 Å². The van der Waals surface area contributed by atoms with Gasteiger partial charge in [-0.05, 0) is 49.5 Å². The monoisotopic (exact) mass is 307 g/mol. The van der Waals surface area contributed by atoms with Gasteiger partial charge in [0, 0.05) is 17.5 Å². The molecular weight excluding hydrogens is 286 g/mol. The molecule has 1 fully saturated rings. The third kappa shape index (κ3) is 3.09. The fraction of sp³-hybridized carbons (Fsp3) is 0.600. The van der Waals surface area contributed by atoms with Gasteiger partial charge in [0.15, 0.2) is 0 Å². The van der Waals surface area contributed by atoms with Gasteiger partial charge in [-0.25, -0.2) is 4.98 Å². The Labute approximate surface area is 130 Å². The van der Waals surface area contributed by atoms with Crippen molar-refractivity contribution in [3.63, 3.8) is 0 Å². The number of fused-ring (bicyclic) bond motifs is 1. The number of hydrogen-bond donors (Lipinski definition) is 2. The van der Waals surface area contributed by atoms with Crippen molar-refractivity contribution >= 4 is 34.8 Å². The van der Waals surface area contributed by atoms with Crippen molar-refractivity contribution < 1.29 is 0 Å². The lowest BCUT2D eigenvalue weighted by atomic mass is 10.1. The van der Waals surface area contributed by atoms with E-state index in [0.29, 0.717) is 10.2 Å². The summed E-state index contributed by atoms with van der Waals surface area (Å²) in [5, 5.41) is 4.19. The van der Waals surface area contributed by atoms with Crippen molar-refractivity contribution in [1.29, 1.82) is 0 Å². The Bertz CT molecular complexity index is 510. The zero-order chi connectivity index (χ0) is 13.9. The number of hydrogen-bond acceptors (Lipinski definition) is 4. The first kappa shape index (κ1) is 14.1. The van der Waals surface area contributed by atoms with Crippen molar-refractivity contribution in [3.8, 4) is 0 Å². The first-order chi connectivity index (χ1) is 9.74. The third-order valence-electron chi connectivity index (χ3n) is 4.09. The average molecular weight is 307 g/mol. The van der Waals surface area contributed by atoms with Crippen LogP contribution < -0.4 is 11.1 Å². The number of nitrogens with zero attached hydrogens (tertiary/aromatic N) is 1. The van der Waals surface area contributed by atoms with Crippen LogP contribution in [0.15, 0.2) is 6.07 Å². The summed E-state index contributed by atoms with van der Waals surface area (Å²) in [6, 6.07) is 2.15. The van der Waals surface area contributed by atoms with Gasteiger partial charge in [-0.2, -0.15) is 11.8 Å². The molecule has 0 saturated carbocycles. The minimum atomic E-state index is 0.450. The van der Waals surface area contributed by atoms with Gasteiger partial charge >= 0.3 is 0 Å². The second-order valence-corrected chi connectivity index (χ2v) is 7.43. The van der Waals surface area contributed by atoms with E-state index in [1.54, 1.807) is 0 Å². The molecule has 1 aliphatic carbocycles. The first-order valence-corrected chi connectivity index (χ1v) is 8.88. The predicted molar refractivity (Wildman–Crippen MR) is 90.7 cm³/mol. The van der Waals surface area contributed by atoms with E-state index < -0.39 is 0 Å². The van der Waals surface area contributed by atoms with Gasteiger partial charge in [0.25, 0.3) is 0 Å². The SMILES string of the molecule is NC(=S)c1cc2c(nc1NCC1CCCCS1)CCC2. The molecule has 0 aromatic carbocycles. The smallest absolute Gasteiger partial charge is 0.136 e. The molecule has 1 unspecified atom stereocenters. The van der Waals surface area contributed by atoms with Crippen LogP contribution in [-0.4, -0.2) is 27.5 Å². The van der Waals surface area contributed by atoms with Crippen LogP contribution in [0.25, 0.3) is 0 Å². The summed E-state index contributed by atoms with van der Waals surface area (Å²) in [6.07, 6.45) is 7.39. The maximum atomic E-state index is 5.86. The predicted octanol–water partition coefficient (Wildman–Crippen LogP) is 2.90. The number of thioether (sulfide) groups is 1. The lowest BCUT2D eigenvalue weighted by Crippen LogP contribution is -2.23. The summed E-state index contributed by atoms with van der Waals surface area (Å²) in [4.78, 5) is 5.22. The summed E-state index contributed by atoms with van der Waals surface area (Å²) in [5.41, 5.74) is 9.33. The molecule has 0 bridgehead atoms. The summed E-state index contributed by atoms with van der Waals surface area (Å²) < 4.78 is 0. The first-order valence-electron chi connectivity index (χ1n) is 7.42. The normalized spacial score (nSPS) is 21.5. The number of nitrogens with one attached hydrogen (secondary N) is 1. The van der Waals surface area contributed by atoms with E-state index in [4.69, 9.17) is 22.9 Å². The van der Waals surface area contributed by atoms with Crippen LogP contribution in [0, 0.1) is 0 Å². The molecule has 20 heavy (non-hydrogen) atoms. The number of aromatic nitrogens is 1. The van der Waals surface area contributed by atoms with E-state index in [-0.39, 0.29) is 0 Å². The highest BCUT2D eigenvalue weighted by atomic mass is 32.2. The Morgan fingerprint density at radius 2 is 2.30 bits per heavy atom. The molecule has 0 spiro atoms. The van der Waals surface area contributed by atoms with Crippen molar-refractivity contribution in [2.75, 3.05) is 17.6 Å². The number of rotatable bonds is 4. The van der Waals surface area contributed by atoms with E-state index in [0.717, 1.165) is 30.8 Å². The highest BCUT2D eigenvalue weighted by molar-refractivity contribution is 7.99. The average Bonchev–Trinajstić information content (AvgIpc) is 2.92. The molecule has 2 aliphatic rings. The summed E-state index contributed by atoms with van der Waals surface area (Å²) >= 11 is 7.25. The summed E-state index contributed by atoms with van der Waals surface area (Å²) in [5.74, 6) is 2.18. The Morgan fingerprint density at radius 1 is 1.40 bits per heavy atom. The van der Waals surface area contributed by atoms with Gasteiger partial charge in [0.1, 0.15) is 10.8 Å². The number of aryl methyl sites for hydroxylation is 2. The van der Waals surface area contributed by atoms with Crippen LogP contribution in [0.3, 0.4) is 0 Å². The highest BCUT2D eigenvalue weighted by Crippen LogP contribution is 2.28. The second-order valence-electron chi connectivity index (χ2n) is 5.58. The zero-order valence-electron chi connectivity index (χ0n) is 11.7. The number of anilines is 1. The standard InChI is InChI=1S/C15H21N3S2/c16-14(19)12-8-10-4-3-6-13(10)18-15(12)17-9-11-5-1-2-7-20-11/h8,11H,1-7,9H2,(H2,16,19)(H,17,18). The van der Waals surface area contributed by atoms with Gasteiger partial charge in [0.2, 0.25) is 0 Å². The molecule has 1 atom stereocenters. The minimum absolute atomic E-state index is 0.450. The van der Waals surface area contributed by atoms with Crippen LogP contribution in [0.5, 0.6) is 0 Å². The molecule has 1 saturated heterocycles. The van der Waals surface area contributed by atoms with Crippen molar-refractivity contribution in [2.45, 2.75) is 43.8 Å². The molecule has 1 aliphatic heterocycles. The Kier molecular flexibility index (Phi) is 4.46. The van der Waals surface area contributed by atoms with Crippen molar-refractivity contribution in [2.24, 2.45) is 5.73 Å². The molecule has 0 amide bonds. The van der Waals surface area contributed by atoms with Crippen LogP contribution in [-0.2, 0) is 12.8 Å². The molecule has 3 N–H and O–H groups in total. The minimum Gasteiger partial charge on any atom is -0.389 e. The maximum Gasteiger partial charge on any atom is 0.136 e. The van der Waals surface area contributed by atoms with Gasteiger partial charge < -0.3 is 11.1 Å². The van der Waals surface area contributed by atoms with Gasteiger partial charge in [0.05, 0.1) is 5.56 Å². The molecule has 1 aromatic rings. The van der Waals surface area contributed by atoms with E-state index in [2.05, 4.69) is 23.1 Å². The molecule has 1 aromatic heterocycles. The quantitative estimate of drug-likeness (QED) is 0.838. The largest absolute Gasteiger partial charge is 0.389 e. The molecule has 0 radical (unpaired) electrons. The lowest BCUT2D eigenvalue weighted by Gasteiger charge is -2.22. The molecule has 5 heteroatoms. The van der Waals surface area contributed by atoms with E-state index in [9.17, 15) is 0 Å².